The Morgan fingerprint density at radius 1 is 1.00 bits per heavy atom. The SMILES string of the molecule is CP(C)N([SiH3])P(C)C. The van der Waals surface area contributed by atoms with E-state index in [9.17, 15) is 0 Å². The molecule has 0 radical (unpaired) electrons. The van der Waals surface area contributed by atoms with Crippen molar-refractivity contribution in [3.63, 3.8) is 0 Å². The van der Waals surface area contributed by atoms with Crippen LogP contribution in [0.2, 0.25) is 0 Å². The first-order valence-electron chi connectivity index (χ1n) is 2.64. The molecule has 4 heteroatoms. The lowest BCUT2D eigenvalue weighted by Crippen LogP contribution is -2.03. The summed E-state index contributed by atoms with van der Waals surface area (Å²) in [5.74, 6) is 0. The second kappa shape index (κ2) is 3.95. The number of hydrogen-bond acceptors (Lipinski definition) is 1. The molecule has 0 fully saturated rings. The molecule has 0 saturated heterocycles. The van der Waals surface area contributed by atoms with Crippen LogP contribution in [0.3, 0.4) is 0 Å². The minimum atomic E-state index is 0.223. The zero-order valence-electron chi connectivity index (χ0n) is 6.34. The molecule has 0 aliphatic carbocycles. The molecule has 0 aromatic carbocycles. The highest BCUT2D eigenvalue weighted by molar-refractivity contribution is 7.70. The van der Waals surface area contributed by atoms with Crippen molar-refractivity contribution in [3.8, 4) is 0 Å². The zero-order valence-corrected chi connectivity index (χ0v) is 10.1. The molecule has 0 aliphatic rings. The van der Waals surface area contributed by atoms with Crippen molar-refractivity contribution in [2.24, 2.45) is 0 Å². The van der Waals surface area contributed by atoms with Crippen molar-refractivity contribution in [1.29, 1.82) is 0 Å². The fourth-order valence-corrected chi connectivity index (χ4v) is 3.22. The van der Waals surface area contributed by atoms with Gasteiger partial charge in [0, 0.05) is 0 Å². The lowest BCUT2D eigenvalue weighted by atomic mass is 11.9. The maximum atomic E-state index is 2.60. The lowest BCUT2D eigenvalue weighted by molar-refractivity contribution is 1.18. The molecule has 1 nitrogen and oxygen atoms in total. The van der Waals surface area contributed by atoms with Gasteiger partial charge >= 0.3 is 0 Å². The van der Waals surface area contributed by atoms with Gasteiger partial charge < -0.3 is 0 Å². The predicted molar refractivity (Wildman–Crippen MR) is 49.3 cm³/mol. The van der Waals surface area contributed by atoms with Crippen molar-refractivity contribution in [3.05, 3.63) is 0 Å². The maximum absolute atomic E-state index is 2.60. The Morgan fingerprint density at radius 3 is 1.25 bits per heavy atom. The molecule has 0 aromatic heterocycles. The van der Waals surface area contributed by atoms with Crippen LogP contribution in [0.25, 0.3) is 0 Å². The van der Waals surface area contributed by atoms with Gasteiger partial charge in [0.25, 0.3) is 0 Å². The van der Waals surface area contributed by atoms with E-state index in [4.69, 9.17) is 0 Å². The first-order valence-corrected chi connectivity index (χ1v) is 7.91. The van der Waals surface area contributed by atoms with Crippen LogP contribution < -0.4 is 0 Å². The Hall–Kier alpha value is 1.04. The van der Waals surface area contributed by atoms with Gasteiger partial charge in [0.1, 0.15) is 0 Å². The highest BCUT2D eigenvalue weighted by Crippen LogP contribution is 2.45. The molecule has 8 heavy (non-hydrogen) atoms. The molecular weight excluding hydrogens is 152 g/mol. The number of rotatable bonds is 2. The normalized spacial score (nSPS) is 12.4. The van der Waals surface area contributed by atoms with Gasteiger partial charge in [0.2, 0.25) is 0 Å². The molecule has 0 amide bonds. The quantitative estimate of drug-likeness (QED) is 0.436. The summed E-state index contributed by atoms with van der Waals surface area (Å²) in [4.78, 5) is 0. The summed E-state index contributed by atoms with van der Waals surface area (Å²) >= 11 is 0. The Bertz CT molecular complexity index is 59.1. The van der Waals surface area contributed by atoms with Crippen LogP contribution in [0.1, 0.15) is 0 Å². The average molecular weight is 167 g/mol. The number of nitrogens with zero attached hydrogens (tertiary/aromatic N) is 1. The largest absolute Gasteiger partial charge is 0.292 e. The Labute approximate surface area is 58.0 Å². The van der Waals surface area contributed by atoms with Gasteiger partial charge in [-0.3, -0.25) is 4.11 Å². The molecule has 0 N–H and O–H groups in total. The molecule has 0 unspecified atom stereocenters. The second-order valence-electron chi connectivity index (χ2n) is 2.18. The summed E-state index contributed by atoms with van der Waals surface area (Å²) < 4.78 is 2.60. The summed E-state index contributed by atoms with van der Waals surface area (Å²) in [6.45, 7) is 9.30. The summed E-state index contributed by atoms with van der Waals surface area (Å²) in [6.07, 6.45) is 0. The summed E-state index contributed by atoms with van der Waals surface area (Å²) in [7, 11) is 1.69. The molecule has 0 heterocycles. The first-order chi connectivity index (χ1) is 3.55. The molecule has 50 valence electrons. The van der Waals surface area contributed by atoms with Gasteiger partial charge in [-0.2, -0.15) is 0 Å². The van der Waals surface area contributed by atoms with Crippen LogP contribution in [0.15, 0.2) is 0 Å². The molecule has 0 aliphatic heterocycles. The predicted octanol–water partition coefficient (Wildman–Crippen LogP) is 0.882. The third-order valence-electron chi connectivity index (χ3n) is 1.16. The van der Waals surface area contributed by atoms with E-state index in [1.165, 1.54) is 10.4 Å². The molecule has 0 bridgehead atoms. The van der Waals surface area contributed by atoms with E-state index in [2.05, 4.69) is 30.8 Å². The standard InChI is InChI=1S/C4H15NP2Si/c1-6(2)5(8)7(3)4/h1-4,8H3. The molecular formula is C4H15NP2Si. The third kappa shape index (κ3) is 3.14. The molecule has 0 atom stereocenters. The van der Waals surface area contributed by atoms with Crippen LogP contribution in [-0.2, 0) is 0 Å². The molecule has 0 saturated carbocycles. The van der Waals surface area contributed by atoms with Crippen LogP contribution in [0.5, 0.6) is 0 Å². The van der Waals surface area contributed by atoms with E-state index in [-0.39, 0.29) is 16.1 Å². The Kier molecular flexibility index (Phi) is 4.46. The van der Waals surface area contributed by atoms with E-state index in [1.807, 2.05) is 0 Å². The van der Waals surface area contributed by atoms with E-state index in [1.54, 1.807) is 0 Å². The molecule has 0 rings (SSSR count). The van der Waals surface area contributed by atoms with E-state index in [0.717, 1.165) is 0 Å². The van der Waals surface area contributed by atoms with Crippen LogP contribution in [0.4, 0.5) is 0 Å². The van der Waals surface area contributed by atoms with Gasteiger partial charge in [0.15, 0.2) is 0 Å². The molecule has 0 spiro atoms. The van der Waals surface area contributed by atoms with Gasteiger partial charge in [0.05, 0.1) is 10.4 Å². The van der Waals surface area contributed by atoms with Crippen LogP contribution in [0, 0.1) is 0 Å². The Balaban J connectivity index is 3.46. The lowest BCUT2D eigenvalue weighted by Gasteiger charge is -2.25. The van der Waals surface area contributed by atoms with Crippen molar-refractivity contribution in [2.75, 3.05) is 26.7 Å². The Morgan fingerprint density at radius 2 is 1.25 bits per heavy atom. The van der Waals surface area contributed by atoms with Crippen molar-refractivity contribution >= 4 is 26.5 Å². The highest BCUT2D eigenvalue weighted by Gasteiger charge is 2.03. The van der Waals surface area contributed by atoms with E-state index < -0.39 is 0 Å². The van der Waals surface area contributed by atoms with E-state index in [0.29, 0.717) is 0 Å². The van der Waals surface area contributed by atoms with Crippen molar-refractivity contribution in [2.45, 2.75) is 0 Å². The van der Waals surface area contributed by atoms with Crippen LogP contribution in [-0.4, -0.2) is 41.2 Å². The smallest absolute Gasteiger partial charge is 0.0887 e. The monoisotopic (exact) mass is 167 g/mol. The van der Waals surface area contributed by atoms with Crippen LogP contribution >= 0.6 is 16.1 Å². The highest BCUT2D eigenvalue weighted by atomic mass is 31.2. The second-order valence-corrected chi connectivity index (χ2v) is 9.49. The zero-order chi connectivity index (χ0) is 6.73. The fourth-order valence-electron chi connectivity index (χ4n) is 0.358. The van der Waals surface area contributed by atoms with Gasteiger partial charge in [-0.1, -0.05) is 0 Å². The van der Waals surface area contributed by atoms with Crippen molar-refractivity contribution in [1.82, 2.24) is 4.11 Å². The minimum absolute atomic E-state index is 0.223. The first kappa shape index (κ1) is 9.04. The fraction of sp³-hybridized carbons (Fsp3) is 1.00. The number of hydrogen-bond donors (Lipinski definition) is 0. The van der Waals surface area contributed by atoms with Gasteiger partial charge in [-0.25, -0.2) is 0 Å². The average Bonchev–Trinajstić information content (AvgIpc) is 1.64. The maximum Gasteiger partial charge on any atom is 0.0887 e. The summed E-state index contributed by atoms with van der Waals surface area (Å²) in [6, 6.07) is 0. The van der Waals surface area contributed by atoms with Crippen molar-refractivity contribution < 1.29 is 0 Å². The summed E-state index contributed by atoms with van der Waals surface area (Å²) in [5.41, 5.74) is 0. The topological polar surface area (TPSA) is 3.24 Å². The van der Waals surface area contributed by atoms with E-state index >= 15 is 0 Å². The molecule has 0 aromatic rings. The summed E-state index contributed by atoms with van der Waals surface area (Å²) in [5, 5.41) is 0. The van der Waals surface area contributed by atoms with Gasteiger partial charge in [-0.15, -0.1) is 0 Å². The third-order valence-corrected chi connectivity index (χ3v) is 10.4. The van der Waals surface area contributed by atoms with Gasteiger partial charge in [-0.05, 0) is 42.8 Å². The minimum Gasteiger partial charge on any atom is -0.292 e.